The van der Waals surface area contributed by atoms with Crippen LogP contribution in [0.1, 0.15) is 5.56 Å². The van der Waals surface area contributed by atoms with Gasteiger partial charge >= 0.3 is 0 Å². The number of anilines is 1. The summed E-state index contributed by atoms with van der Waals surface area (Å²) in [5.41, 5.74) is 6.53. The summed E-state index contributed by atoms with van der Waals surface area (Å²) in [7, 11) is 1.99. The van der Waals surface area contributed by atoms with Crippen molar-refractivity contribution in [2.75, 3.05) is 30.5 Å². The molecule has 84 valence electrons. The van der Waals surface area contributed by atoms with Crippen molar-refractivity contribution < 1.29 is 0 Å². The van der Waals surface area contributed by atoms with Crippen LogP contribution in [0.5, 0.6) is 0 Å². The molecule has 0 aliphatic heterocycles. The Morgan fingerprint density at radius 3 is 2.93 bits per heavy atom. The summed E-state index contributed by atoms with van der Waals surface area (Å²) < 4.78 is 0. The molecular weight excluding hydrogens is 230 g/mol. The molecule has 1 aromatic rings. The Hall–Kier alpha value is -0.450. The Balaban J connectivity index is 2.83. The van der Waals surface area contributed by atoms with E-state index in [4.69, 9.17) is 17.3 Å². The molecule has 1 rings (SSSR count). The van der Waals surface area contributed by atoms with Crippen molar-refractivity contribution in [3.05, 3.63) is 22.8 Å². The average molecular weight is 246 g/mol. The third-order valence-electron chi connectivity index (χ3n) is 2.16. The summed E-state index contributed by atoms with van der Waals surface area (Å²) in [6.45, 7) is 1.38. The lowest BCUT2D eigenvalue weighted by atomic mass is 10.2. The zero-order valence-electron chi connectivity index (χ0n) is 9.03. The van der Waals surface area contributed by atoms with Gasteiger partial charge in [-0.15, -0.1) is 0 Å². The van der Waals surface area contributed by atoms with Crippen molar-refractivity contribution in [3.63, 3.8) is 0 Å². The summed E-state index contributed by atoms with van der Waals surface area (Å²) in [5.74, 6) is 1.87. The van der Waals surface area contributed by atoms with Gasteiger partial charge in [0, 0.05) is 32.1 Å². The van der Waals surface area contributed by atoms with Gasteiger partial charge < -0.3 is 10.6 Å². The van der Waals surface area contributed by atoms with Gasteiger partial charge in [-0.2, -0.15) is 11.8 Å². The summed E-state index contributed by atoms with van der Waals surface area (Å²) in [4.78, 5) is 6.32. The highest BCUT2D eigenvalue weighted by Crippen LogP contribution is 2.25. The smallest absolute Gasteiger partial charge is 0.147 e. The highest BCUT2D eigenvalue weighted by Gasteiger charge is 2.10. The molecule has 0 bridgehead atoms. The number of pyridine rings is 1. The van der Waals surface area contributed by atoms with E-state index in [2.05, 4.69) is 16.1 Å². The lowest BCUT2D eigenvalue weighted by molar-refractivity contribution is 0.937. The van der Waals surface area contributed by atoms with E-state index < -0.39 is 0 Å². The number of nitrogens with two attached hydrogens (primary N) is 1. The molecule has 5 heteroatoms. The van der Waals surface area contributed by atoms with Crippen LogP contribution in [0.2, 0.25) is 5.02 Å². The molecule has 2 N–H and O–H groups in total. The molecule has 3 nitrogen and oxygen atoms in total. The van der Waals surface area contributed by atoms with Gasteiger partial charge in [-0.3, -0.25) is 0 Å². The van der Waals surface area contributed by atoms with Crippen LogP contribution in [0, 0.1) is 0 Å². The minimum Gasteiger partial charge on any atom is -0.358 e. The van der Waals surface area contributed by atoms with Gasteiger partial charge in [-0.05, 0) is 17.9 Å². The van der Waals surface area contributed by atoms with Crippen LogP contribution in [-0.4, -0.2) is 30.6 Å². The maximum atomic E-state index is 6.19. The maximum Gasteiger partial charge on any atom is 0.147 e. The van der Waals surface area contributed by atoms with E-state index in [-0.39, 0.29) is 0 Å². The molecule has 0 unspecified atom stereocenters. The molecule has 0 amide bonds. The summed E-state index contributed by atoms with van der Waals surface area (Å²) >= 11 is 7.99. The van der Waals surface area contributed by atoms with Gasteiger partial charge in [0.25, 0.3) is 0 Å². The number of rotatable bonds is 5. The first-order valence-corrected chi connectivity index (χ1v) is 6.51. The molecule has 0 saturated heterocycles. The quantitative estimate of drug-likeness (QED) is 0.862. The molecule has 0 spiro atoms. The predicted molar refractivity (Wildman–Crippen MR) is 68.8 cm³/mol. The van der Waals surface area contributed by atoms with Crippen LogP contribution >= 0.6 is 23.4 Å². The molecule has 1 heterocycles. The first kappa shape index (κ1) is 12.6. The van der Waals surface area contributed by atoms with Crippen LogP contribution in [0.3, 0.4) is 0 Å². The molecular formula is C10H16ClN3S. The van der Waals surface area contributed by atoms with Gasteiger partial charge in [0.15, 0.2) is 0 Å². The Bertz CT molecular complexity index is 320. The monoisotopic (exact) mass is 245 g/mol. The van der Waals surface area contributed by atoms with Crippen molar-refractivity contribution in [2.24, 2.45) is 5.73 Å². The number of hydrogen-bond acceptors (Lipinski definition) is 4. The van der Waals surface area contributed by atoms with Crippen LogP contribution in [0.15, 0.2) is 12.3 Å². The zero-order valence-corrected chi connectivity index (χ0v) is 10.6. The molecule has 1 aromatic heterocycles. The van der Waals surface area contributed by atoms with Gasteiger partial charge in [-0.1, -0.05) is 11.6 Å². The lowest BCUT2D eigenvalue weighted by Crippen LogP contribution is -2.22. The first-order chi connectivity index (χ1) is 7.20. The Morgan fingerprint density at radius 1 is 1.60 bits per heavy atom. The number of thioether (sulfide) groups is 1. The summed E-state index contributed by atoms with van der Waals surface area (Å²) in [6.07, 6.45) is 3.83. The van der Waals surface area contributed by atoms with Gasteiger partial charge in [0.1, 0.15) is 5.82 Å². The fourth-order valence-electron chi connectivity index (χ4n) is 1.23. The van der Waals surface area contributed by atoms with Gasteiger partial charge in [-0.25, -0.2) is 4.98 Å². The van der Waals surface area contributed by atoms with E-state index in [9.17, 15) is 0 Å². The molecule has 15 heavy (non-hydrogen) atoms. The molecule has 0 radical (unpaired) electrons. The standard InChI is InChI=1S/C10H16ClN3S/c1-14(5-6-15-2)10-9(11)8(7-12)3-4-13-10/h3-4H,5-7,12H2,1-2H3. The third-order valence-corrected chi connectivity index (χ3v) is 3.17. The topological polar surface area (TPSA) is 42.2 Å². The number of aromatic nitrogens is 1. The van der Waals surface area contributed by atoms with E-state index in [0.29, 0.717) is 11.6 Å². The van der Waals surface area contributed by atoms with Crippen molar-refractivity contribution in [3.8, 4) is 0 Å². The van der Waals surface area contributed by atoms with Crippen LogP contribution in [0.4, 0.5) is 5.82 Å². The van der Waals surface area contributed by atoms with E-state index >= 15 is 0 Å². The number of nitrogens with zero attached hydrogens (tertiary/aromatic N) is 2. The van der Waals surface area contributed by atoms with Crippen molar-refractivity contribution >= 4 is 29.2 Å². The van der Waals surface area contributed by atoms with E-state index in [1.165, 1.54) is 0 Å². The largest absolute Gasteiger partial charge is 0.358 e. The van der Waals surface area contributed by atoms with Crippen LogP contribution in [-0.2, 0) is 6.54 Å². The van der Waals surface area contributed by atoms with Crippen LogP contribution < -0.4 is 10.6 Å². The predicted octanol–water partition coefficient (Wildman–Crippen LogP) is 1.99. The van der Waals surface area contributed by atoms with E-state index in [0.717, 1.165) is 23.7 Å². The second kappa shape index (κ2) is 6.20. The average Bonchev–Trinajstić information content (AvgIpc) is 2.26. The summed E-state index contributed by atoms with van der Waals surface area (Å²) in [6, 6.07) is 1.86. The number of halogens is 1. The van der Waals surface area contributed by atoms with E-state index in [1.807, 2.05) is 13.1 Å². The second-order valence-corrected chi connectivity index (χ2v) is 4.59. The van der Waals surface area contributed by atoms with Crippen molar-refractivity contribution in [1.82, 2.24) is 4.98 Å². The zero-order chi connectivity index (χ0) is 11.3. The van der Waals surface area contributed by atoms with E-state index in [1.54, 1.807) is 18.0 Å². The Morgan fingerprint density at radius 2 is 2.33 bits per heavy atom. The van der Waals surface area contributed by atoms with Crippen LogP contribution in [0.25, 0.3) is 0 Å². The highest BCUT2D eigenvalue weighted by atomic mass is 35.5. The fourth-order valence-corrected chi connectivity index (χ4v) is 2.02. The Kier molecular flexibility index (Phi) is 5.22. The van der Waals surface area contributed by atoms with Gasteiger partial charge in [0.2, 0.25) is 0 Å². The fraction of sp³-hybridized carbons (Fsp3) is 0.500. The summed E-state index contributed by atoms with van der Waals surface area (Å²) in [5, 5.41) is 0.670. The normalized spacial score (nSPS) is 10.4. The first-order valence-electron chi connectivity index (χ1n) is 4.74. The maximum absolute atomic E-state index is 6.19. The molecule has 0 aliphatic rings. The molecule has 0 atom stereocenters. The minimum absolute atomic E-state index is 0.449. The minimum atomic E-state index is 0.449. The SMILES string of the molecule is CSCCN(C)c1nccc(CN)c1Cl. The molecule has 0 aromatic carbocycles. The molecule has 0 saturated carbocycles. The lowest BCUT2D eigenvalue weighted by Gasteiger charge is -2.19. The van der Waals surface area contributed by atoms with Crippen molar-refractivity contribution in [2.45, 2.75) is 6.54 Å². The van der Waals surface area contributed by atoms with Gasteiger partial charge in [0.05, 0.1) is 5.02 Å². The highest BCUT2D eigenvalue weighted by molar-refractivity contribution is 7.98. The second-order valence-electron chi connectivity index (χ2n) is 3.23. The molecule has 0 aliphatic carbocycles. The Labute approximate surface area is 100 Å². The number of hydrogen-bond donors (Lipinski definition) is 1. The molecule has 0 fully saturated rings. The third kappa shape index (κ3) is 3.26. The van der Waals surface area contributed by atoms with Crippen molar-refractivity contribution in [1.29, 1.82) is 0 Å².